The van der Waals surface area contributed by atoms with Gasteiger partial charge in [0.05, 0.1) is 11.3 Å². The second-order valence-corrected chi connectivity index (χ2v) is 4.64. The van der Waals surface area contributed by atoms with E-state index >= 15 is 0 Å². The Kier molecular flexibility index (Phi) is 4.22. The Morgan fingerprint density at radius 1 is 1.32 bits per heavy atom. The minimum atomic E-state index is 0.251. The number of ether oxygens (including phenoxy) is 1. The largest absolute Gasteiger partial charge is 0.488 e. The van der Waals surface area contributed by atoms with Crippen molar-refractivity contribution in [2.75, 3.05) is 7.05 Å². The third-order valence-electron chi connectivity index (χ3n) is 3.37. The molecular weight excluding hydrogens is 240 g/mol. The van der Waals surface area contributed by atoms with E-state index in [2.05, 4.69) is 23.5 Å². The summed E-state index contributed by atoms with van der Waals surface area (Å²) in [5.74, 6) is 1.71. The Balaban J connectivity index is 2.16. The van der Waals surface area contributed by atoms with Gasteiger partial charge in [0.2, 0.25) is 0 Å². The van der Waals surface area contributed by atoms with Crippen molar-refractivity contribution in [3.8, 4) is 5.75 Å². The van der Waals surface area contributed by atoms with Crippen LogP contribution in [-0.2, 0) is 6.61 Å². The number of para-hydroxylation sites is 1. The number of rotatable bonds is 5. The molecular formula is C15H20N2O2. The van der Waals surface area contributed by atoms with Crippen LogP contribution in [0.1, 0.15) is 35.5 Å². The maximum Gasteiger partial charge on any atom is 0.140 e. The fourth-order valence-corrected chi connectivity index (χ4v) is 1.98. The molecule has 1 atom stereocenters. The highest BCUT2D eigenvalue weighted by Gasteiger charge is 2.13. The van der Waals surface area contributed by atoms with Gasteiger partial charge in [-0.2, -0.15) is 0 Å². The van der Waals surface area contributed by atoms with Crippen LogP contribution in [0.5, 0.6) is 5.75 Å². The molecule has 1 aromatic carbocycles. The summed E-state index contributed by atoms with van der Waals surface area (Å²) < 4.78 is 11.1. The second-order valence-electron chi connectivity index (χ2n) is 4.64. The van der Waals surface area contributed by atoms with Gasteiger partial charge in [-0.3, -0.25) is 0 Å². The summed E-state index contributed by atoms with van der Waals surface area (Å²) in [6.45, 7) is 6.42. The molecule has 2 rings (SSSR count). The van der Waals surface area contributed by atoms with Gasteiger partial charge < -0.3 is 14.6 Å². The van der Waals surface area contributed by atoms with Gasteiger partial charge >= 0.3 is 0 Å². The van der Waals surface area contributed by atoms with Crippen LogP contribution in [0.3, 0.4) is 0 Å². The predicted octanol–water partition coefficient (Wildman–Crippen LogP) is 3.15. The van der Waals surface area contributed by atoms with Gasteiger partial charge in [0, 0.05) is 11.6 Å². The van der Waals surface area contributed by atoms with Gasteiger partial charge in [-0.25, -0.2) is 0 Å². The molecule has 4 nitrogen and oxygen atoms in total. The summed E-state index contributed by atoms with van der Waals surface area (Å²) in [6, 6.07) is 8.31. The van der Waals surface area contributed by atoms with Crippen LogP contribution >= 0.6 is 0 Å². The number of benzene rings is 1. The summed E-state index contributed by atoms with van der Waals surface area (Å²) in [4.78, 5) is 0. The summed E-state index contributed by atoms with van der Waals surface area (Å²) in [6.07, 6.45) is 0. The second kappa shape index (κ2) is 5.89. The molecule has 1 aromatic heterocycles. The van der Waals surface area contributed by atoms with E-state index in [4.69, 9.17) is 9.26 Å². The number of hydrogen-bond donors (Lipinski definition) is 1. The topological polar surface area (TPSA) is 47.3 Å². The molecule has 19 heavy (non-hydrogen) atoms. The molecule has 0 radical (unpaired) electrons. The molecule has 0 amide bonds. The molecule has 0 aliphatic heterocycles. The number of hydrogen-bond acceptors (Lipinski definition) is 4. The Labute approximate surface area is 113 Å². The van der Waals surface area contributed by atoms with E-state index in [1.54, 1.807) is 0 Å². The lowest BCUT2D eigenvalue weighted by Gasteiger charge is -2.16. The predicted molar refractivity (Wildman–Crippen MR) is 74.2 cm³/mol. The molecule has 1 N–H and O–H groups in total. The molecule has 102 valence electrons. The first kappa shape index (κ1) is 13.6. The summed E-state index contributed by atoms with van der Waals surface area (Å²) in [5, 5.41) is 7.16. The van der Waals surface area contributed by atoms with Crippen LogP contribution in [0.15, 0.2) is 28.8 Å². The molecule has 0 saturated carbocycles. The molecule has 0 aliphatic rings. The Morgan fingerprint density at radius 2 is 2.05 bits per heavy atom. The minimum absolute atomic E-state index is 0.251. The monoisotopic (exact) mass is 260 g/mol. The van der Waals surface area contributed by atoms with E-state index in [9.17, 15) is 0 Å². The van der Waals surface area contributed by atoms with Crippen molar-refractivity contribution in [2.45, 2.75) is 33.4 Å². The molecule has 0 bridgehead atoms. The molecule has 1 unspecified atom stereocenters. The van der Waals surface area contributed by atoms with E-state index in [0.717, 1.165) is 28.3 Å². The van der Waals surface area contributed by atoms with Crippen molar-refractivity contribution in [3.05, 3.63) is 46.8 Å². The highest BCUT2D eigenvalue weighted by molar-refractivity contribution is 5.36. The SMILES string of the molecule is CNC(C)c1ccccc1OCc1c(C)noc1C. The van der Waals surface area contributed by atoms with Gasteiger partial charge in [-0.05, 0) is 33.9 Å². The van der Waals surface area contributed by atoms with E-state index in [-0.39, 0.29) is 6.04 Å². The standard InChI is InChI=1S/C15H20N2O2/c1-10(16-4)13-7-5-6-8-15(13)18-9-14-11(2)17-19-12(14)3/h5-8,10,16H,9H2,1-4H3. The summed E-state index contributed by atoms with van der Waals surface area (Å²) in [5.41, 5.74) is 3.06. The fraction of sp³-hybridized carbons (Fsp3) is 0.400. The zero-order chi connectivity index (χ0) is 13.8. The van der Waals surface area contributed by atoms with Crippen LogP contribution < -0.4 is 10.1 Å². The molecule has 1 heterocycles. The van der Waals surface area contributed by atoms with E-state index in [0.29, 0.717) is 6.61 Å². The van der Waals surface area contributed by atoms with Crippen LogP contribution in [0, 0.1) is 13.8 Å². The van der Waals surface area contributed by atoms with E-state index in [1.165, 1.54) is 0 Å². The number of aromatic nitrogens is 1. The zero-order valence-electron chi connectivity index (χ0n) is 11.9. The number of nitrogens with one attached hydrogen (secondary N) is 1. The van der Waals surface area contributed by atoms with E-state index < -0.39 is 0 Å². The third kappa shape index (κ3) is 2.96. The molecule has 0 aliphatic carbocycles. The lowest BCUT2D eigenvalue weighted by atomic mass is 10.1. The van der Waals surface area contributed by atoms with Gasteiger partial charge in [0.25, 0.3) is 0 Å². The first-order valence-corrected chi connectivity index (χ1v) is 6.44. The maximum atomic E-state index is 5.93. The fourth-order valence-electron chi connectivity index (χ4n) is 1.98. The summed E-state index contributed by atoms with van der Waals surface area (Å²) in [7, 11) is 1.94. The van der Waals surface area contributed by atoms with Crippen LogP contribution in [0.2, 0.25) is 0 Å². The Morgan fingerprint density at radius 3 is 2.68 bits per heavy atom. The average molecular weight is 260 g/mol. The number of nitrogens with zero attached hydrogens (tertiary/aromatic N) is 1. The van der Waals surface area contributed by atoms with Crippen LogP contribution in [0.4, 0.5) is 0 Å². The quantitative estimate of drug-likeness (QED) is 0.897. The highest BCUT2D eigenvalue weighted by atomic mass is 16.5. The van der Waals surface area contributed by atoms with Gasteiger partial charge in [0.15, 0.2) is 0 Å². The Hall–Kier alpha value is -1.81. The zero-order valence-corrected chi connectivity index (χ0v) is 11.9. The van der Waals surface area contributed by atoms with Gasteiger partial charge in [-0.15, -0.1) is 0 Å². The van der Waals surface area contributed by atoms with Crippen LogP contribution in [0.25, 0.3) is 0 Å². The maximum absolute atomic E-state index is 5.93. The first-order valence-electron chi connectivity index (χ1n) is 6.44. The molecule has 4 heteroatoms. The van der Waals surface area contributed by atoms with Crippen molar-refractivity contribution in [2.24, 2.45) is 0 Å². The highest BCUT2D eigenvalue weighted by Crippen LogP contribution is 2.26. The van der Waals surface area contributed by atoms with Crippen LogP contribution in [-0.4, -0.2) is 12.2 Å². The minimum Gasteiger partial charge on any atom is -0.488 e. The van der Waals surface area contributed by atoms with Gasteiger partial charge in [0.1, 0.15) is 18.1 Å². The normalized spacial score (nSPS) is 12.4. The van der Waals surface area contributed by atoms with Crippen molar-refractivity contribution in [3.63, 3.8) is 0 Å². The molecule has 0 saturated heterocycles. The van der Waals surface area contributed by atoms with Crippen molar-refractivity contribution in [1.82, 2.24) is 10.5 Å². The van der Waals surface area contributed by atoms with Gasteiger partial charge in [-0.1, -0.05) is 23.4 Å². The molecule has 0 spiro atoms. The molecule has 0 fully saturated rings. The molecule has 2 aromatic rings. The number of aryl methyl sites for hydroxylation is 2. The smallest absolute Gasteiger partial charge is 0.140 e. The average Bonchev–Trinajstić information content (AvgIpc) is 2.75. The van der Waals surface area contributed by atoms with Crippen molar-refractivity contribution < 1.29 is 9.26 Å². The lowest BCUT2D eigenvalue weighted by Crippen LogP contribution is -2.13. The van der Waals surface area contributed by atoms with Crippen molar-refractivity contribution >= 4 is 0 Å². The van der Waals surface area contributed by atoms with Crippen molar-refractivity contribution in [1.29, 1.82) is 0 Å². The summed E-state index contributed by atoms with van der Waals surface area (Å²) >= 11 is 0. The van der Waals surface area contributed by atoms with E-state index in [1.807, 2.05) is 39.1 Å². The lowest BCUT2D eigenvalue weighted by molar-refractivity contribution is 0.296. The third-order valence-corrected chi connectivity index (χ3v) is 3.37. The Bertz CT molecular complexity index is 529. The first-order chi connectivity index (χ1) is 9.13.